The van der Waals surface area contributed by atoms with Gasteiger partial charge in [0.05, 0.1) is 10.9 Å². The van der Waals surface area contributed by atoms with Crippen LogP contribution in [0.3, 0.4) is 0 Å². The van der Waals surface area contributed by atoms with Crippen LogP contribution >= 0.6 is 11.3 Å². The fourth-order valence-corrected chi connectivity index (χ4v) is 3.08. The van der Waals surface area contributed by atoms with E-state index in [1.165, 1.54) is 11.3 Å². The van der Waals surface area contributed by atoms with Gasteiger partial charge < -0.3 is 4.90 Å². The maximum atomic E-state index is 12.4. The molecular weight excluding hydrogens is 244 g/mol. The molecule has 4 heteroatoms. The van der Waals surface area contributed by atoms with Gasteiger partial charge in [0.1, 0.15) is 6.54 Å². The van der Waals surface area contributed by atoms with Crippen LogP contribution in [0.4, 0.5) is 0 Å². The second kappa shape index (κ2) is 4.43. The quantitative estimate of drug-likeness (QED) is 0.792. The van der Waals surface area contributed by atoms with Crippen molar-refractivity contribution in [2.24, 2.45) is 0 Å². The summed E-state index contributed by atoms with van der Waals surface area (Å²) in [5, 5.41) is 9.90. The van der Waals surface area contributed by atoms with Crippen molar-refractivity contribution in [3.63, 3.8) is 0 Å². The molecular formula is C14H12N2OS. The number of hydrogen-bond donors (Lipinski definition) is 0. The molecule has 0 aliphatic heterocycles. The molecule has 1 aliphatic rings. The zero-order valence-electron chi connectivity index (χ0n) is 9.80. The monoisotopic (exact) mass is 256 g/mol. The van der Waals surface area contributed by atoms with Gasteiger partial charge >= 0.3 is 0 Å². The Labute approximate surface area is 109 Å². The smallest absolute Gasteiger partial charge is 0.265 e. The third-order valence-corrected chi connectivity index (χ3v) is 4.23. The molecule has 2 aromatic rings. The average Bonchev–Trinajstić information content (AvgIpc) is 3.13. The van der Waals surface area contributed by atoms with Gasteiger partial charge in [-0.2, -0.15) is 5.26 Å². The molecule has 1 aliphatic carbocycles. The van der Waals surface area contributed by atoms with Gasteiger partial charge in [0.2, 0.25) is 0 Å². The summed E-state index contributed by atoms with van der Waals surface area (Å²) < 4.78 is 1.12. The van der Waals surface area contributed by atoms with E-state index in [1.807, 2.05) is 30.3 Å². The summed E-state index contributed by atoms with van der Waals surface area (Å²) in [6.45, 7) is 0.192. The van der Waals surface area contributed by atoms with Gasteiger partial charge in [0, 0.05) is 10.7 Å². The molecule has 0 unspecified atom stereocenters. The van der Waals surface area contributed by atoms with Gasteiger partial charge in [-0.15, -0.1) is 11.3 Å². The van der Waals surface area contributed by atoms with Crippen LogP contribution in [0.15, 0.2) is 30.3 Å². The van der Waals surface area contributed by atoms with E-state index in [1.54, 1.807) is 4.90 Å². The van der Waals surface area contributed by atoms with Gasteiger partial charge in [-0.1, -0.05) is 18.2 Å². The number of hydrogen-bond acceptors (Lipinski definition) is 3. The molecule has 0 N–H and O–H groups in total. The number of carbonyl (C=O) groups excluding carboxylic acids is 1. The van der Waals surface area contributed by atoms with E-state index in [2.05, 4.69) is 6.07 Å². The van der Waals surface area contributed by atoms with E-state index in [0.29, 0.717) is 0 Å². The number of rotatable bonds is 3. The van der Waals surface area contributed by atoms with E-state index in [0.717, 1.165) is 27.8 Å². The first-order chi connectivity index (χ1) is 8.79. The predicted octanol–water partition coefficient (Wildman–Crippen LogP) is 3.03. The lowest BCUT2D eigenvalue weighted by Gasteiger charge is -2.17. The minimum absolute atomic E-state index is 0.000231. The molecule has 1 fully saturated rings. The molecule has 3 rings (SSSR count). The predicted molar refractivity (Wildman–Crippen MR) is 71.5 cm³/mol. The summed E-state index contributed by atoms with van der Waals surface area (Å²) in [5.41, 5.74) is 0. The minimum Gasteiger partial charge on any atom is -0.322 e. The number of benzene rings is 1. The highest BCUT2D eigenvalue weighted by Crippen LogP contribution is 2.31. The lowest BCUT2D eigenvalue weighted by molar-refractivity contribution is 0.0770. The highest BCUT2D eigenvalue weighted by atomic mass is 32.1. The SMILES string of the molecule is N#CCN(C(=O)c1cc2ccccc2s1)C1CC1. The maximum absolute atomic E-state index is 12.4. The van der Waals surface area contributed by atoms with Crippen LogP contribution in [0, 0.1) is 11.3 Å². The van der Waals surface area contributed by atoms with E-state index in [9.17, 15) is 4.79 Å². The van der Waals surface area contributed by atoms with Crippen molar-refractivity contribution in [2.75, 3.05) is 6.54 Å². The lowest BCUT2D eigenvalue weighted by atomic mass is 10.2. The van der Waals surface area contributed by atoms with Crippen LogP contribution in [0.5, 0.6) is 0 Å². The Morgan fingerprint density at radius 3 is 2.89 bits per heavy atom. The van der Waals surface area contributed by atoms with Crippen molar-refractivity contribution < 1.29 is 4.79 Å². The van der Waals surface area contributed by atoms with Crippen molar-refractivity contribution in [3.05, 3.63) is 35.2 Å². The summed E-state index contributed by atoms with van der Waals surface area (Å²) in [6, 6.07) is 12.3. The maximum Gasteiger partial charge on any atom is 0.265 e. The summed E-state index contributed by atoms with van der Waals surface area (Å²) in [7, 11) is 0. The van der Waals surface area contributed by atoms with Crippen molar-refractivity contribution in [1.29, 1.82) is 5.26 Å². The summed E-state index contributed by atoms with van der Waals surface area (Å²) in [5.74, 6) is 0.000231. The molecule has 18 heavy (non-hydrogen) atoms. The van der Waals surface area contributed by atoms with E-state index in [4.69, 9.17) is 5.26 Å². The Morgan fingerprint density at radius 2 is 2.22 bits per heavy atom. The second-order valence-corrected chi connectivity index (χ2v) is 5.55. The zero-order chi connectivity index (χ0) is 12.5. The third kappa shape index (κ3) is 1.98. The number of amides is 1. The number of carbonyl (C=O) groups is 1. The van der Waals surface area contributed by atoms with Crippen molar-refractivity contribution in [1.82, 2.24) is 4.90 Å². The molecule has 1 amide bonds. The van der Waals surface area contributed by atoms with E-state index in [-0.39, 0.29) is 18.5 Å². The lowest BCUT2D eigenvalue weighted by Crippen LogP contribution is -2.32. The molecule has 0 atom stereocenters. The molecule has 0 radical (unpaired) electrons. The van der Waals surface area contributed by atoms with Crippen LogP contribution in [0.25, 0.3) is 10.1 Å². The number of fused-ring (bicyclic) bond motifs is 1. The van der Waals surface area contributed by atoms with Crippen molar-refractivity contribution in [3.8, 4) is 6.07 Å². The molecule has 1 aromatic carbocycles. The first-order valence-corrected chi connectivity index (χ1v) is 6.78. The van der Waals surface area contributed by atoms with Crippen molar-refractivity contribution in [2.45, 2.75) is 18.9 Å². The van der Waals surface area contributed by atoms with Gasteiger partial charge in [0.25, 0.3) is 5.91 Å². The summed E-state index contributed by atoms with van der Waals surface area (Å²) >= 11 is 1.50. The Balaban J connectivity index is 1.93. The molecule has 1 heterocycles. The highest BCUT2D eigenvalue weighted by Gasteiger charge is 2.33. The number of thiophene rings is 1. The van der Waals surface area contributed by atoms with E-state index < -0.39 is 0 Å². The largest absolute Gasteiger partial charge is 0.322 e. The molecule has 90 valence electrons. The zero-order valence-corrected chi connectivity index (χ0v) is 10.6. The minimum atomic E-state index is 0.000231. The normalized spacial score (nSPS) is 14.4. The Hall–Kier alpha value is -1.86. The summed E-state index contributed by atoms with van der Waals surface area (Å²) in [6.07, 6.45) is 2.05. The van der Waals surface area contributed by atoms with Gasteiger partial charge in [-0.25, -0.2) is 0 Å². The van der Waals surface area contributed by atoms with Gasteiger partial charge in [-0.05, 0) is 30.4 Å². The highest BCUT2D eigenvalue weighted by molar-refractivity contribution is 7.20. The molecule has 1 aromatic heterocycles. The number of nitriles is 1. The molecule has 3 nitrogen and oxygen atoms in total. The van der Waals surface area contributed by atoms with Crippen LogP contribution in [0.1, 0.15) is 22.5 Å². The van der Waals surface area contributed by atoms with Crippen LogP contribution in [-0.2, 0) is 0 Å². The Kier molecular flexibility index (Phi) is 2.77. The first-order valence-electron chi connectivity index (χ1n) is 5.96. The number of nitrogens with zero attached hydrogens (tertiary/aromatic N) is 2. The van der Waals surface area contributed by atoms with Crippen LogP contribution in [0.2, 0.25) is 0 Å². The molecule has 1 saturated carbocycles. The van der Waals surface area contributed by atoms with E-state index >= 15 is 0 Å². The topological polar surface area (TPSA) is 44.1 Å². The van der Waals surface area contributed by atoms with Gasteiger partial charge in [0.15, 0.2) is 0 Å². The molecule has 0 saturated heterocycles. The van der Waals surface area contributed by atoms with Crippen LogP contribution < -0.4 is 0 Å². The Morgan fingerprint density at radius 1 is 1.44 bits per heavy atom. The van der Waals surface area contributed by atoms with Gasteiger partial charge in [-0.3, -0.25) is 4.79 Å². The molecule has 0 spiro atoms. The molecule has 0 bridgehead atoms. The average molecular weight is 256 g/mol. The van der Waals surface area contributed by atoms with Crippen LogP contribution in [-0.4, -0.2) is 23.4 Å². The Bertz CT molecular complexity index is 604. The summed E-state index contributed by atoms with van der Waals surface area (Å²) in [4.78, 5) is 14.8. The standard InChI is InChI=1S/C14H12N2OS/c15-7-8-16(11-5-6-11)14(17)13-9-10-3-1-2-4-12(10)18-13/h1-4,9,11H,5-6,8H2. The third-order valence-electron chi connectivity index (χ3n) is 3.13. The van der Waals surface area contributed by atoms with Crippen molar-refractivity contribution >= 4 is 27.3 Å². The second-order valence-electron chi connectivity index (χ2n) is 4.47. The fourth-order valence-electron chi connectivity index (χ4n) is 2.06. The fraction of sp³-hybridized carbons (Fsp3) is 0.286. The first kappa shape index (κ1) is 11.2.